The predicted molar refractivity (Wildman–Crippen MR) is 448 cm³/mol. The number of carbonyl (C=O) groups excluding carboxylic acids is 10. The van der Waals surface area contributed by atoms with Gasteiger partial charge in [0.2, 0.25) is 0 Å². The Morgan fingerprint density at radius 3 is 0.597 bits per heavy atom. The van der Waals surface area contributed by atoms with E-state index in [1.165, 1.54) is 218 Å². The van der Waals surface area contributed by atoms with Gasteiger partial charge in [0.15, 0.2) is 0 Å². The van der Waals surface area contributed by atoms with Gasteiger partial charge in [0.25, 0.3) is 0 Å². The highest BCUT2D eigenvalue weighted by atomic mass is 16.6. The van der Waals surface area contributed by atoms with E-state index in [1.54, 1.807) is 133 Å². The van der Waals surface area contributed by atoms with E-state index in [2.05, 4.69) is 0 Å². The monoisotopic (exact) mass is 1660 g/mol. The largest absolute Gasteiger partial charge is 0.508 e. The summed E-state index contributed by atoms with van der Waals surface area (Å²) < 4.78 is 55.3. The Labute approximate surface area is 703 Å². The average Bonchev–Trinajstić information content (AvgIpc) is 0.819. The molecule has 0 aliphatic rings. The van der Waals surface area contributed by atoms with Gasteiger partial charge in [-0.05, 0) is 192 Å². The predicted octanol–water partition coefficient (Wildman–Crippen LogP) is 18.1. The molecule has 14 aromatic rings. The van der Waals surface area contributed by atoms with E-state index in [4.69, 9.17) is 47.4 Å². The quantitative estimate of drug-likeness (QED) is 0.0186. The van der Waals surface area contributed by atoms with Crippen molar-refractivity contribution in [2.45, 2.75) is 0 Å². The minimum Gasteiger partial charge on any atom is -0.508 e. The van der Waals surface area contributed by atoms with Gasteiger partial charge < -0.3 is 78.0 Å². The van der Waals surface area contributed by atoms with Crippen LogP contribution in [0.25, 0.3) is 24.3 Å². The first-order valence-corrected chi connectivity index (χ1v) is 37.2. The Morgan fingerprint density at radius 2 is 0.355 bits per heavy atom. The highest BCUT2D eigenvalue weighted by molar-refractivity contribution is 6.03. The first-order chi connectivity index (χ1) is 60.0. The zero-order valence-electron chi connectivity index (χ0n) is 64.3. The molecule has 612 valence electrons. The maximum absolute atomic E-state index is 13.8. The number of aromatic hydroxyl groups is 6. The lowest BCUT2D eigenvalue weighted by molar-refractivity contribution is 0.0682. The summed E-state index contributed by atoms with van der Waals surface area (Å²) >= 11 is 0. The molecular weight excluding hydrogens is 1590 g/mol. The number of rotatable bonds is 24. The van der Waals surface area contributed by atoms with Crippen molar-refractivity contribution in [3.05, 3.63) is 405 Å². The van der Waals surface area contributed by atoms with Gasteiger partial charge in [0, 0.05) is 12.1 Å². The van der Waals surface area contributed by atoms with Crippen LogP contribution in [0.4, 0.5) is 0 Å². The highest BCUT2D eigenvalue weighted by Crippen LogP contribution is 2.35. The Hall–Kier alpha value is -17.9. The molecule has 0 aromatic heterocycles. The van der Waals surface area contributed by atoms with E-state index in [1.807, 2.05) is 0 Å². The van der Waals surface area contributed by atoms with E-state index >= 15 is 0 Å². The summed E-state index contributed by atoms with van der Waals surface area (Å²) in [6.07, 6.45) is 6.64. The summed E-state index contributed by atoms with van der Waals surface area (Å²) in [6.45, 7) is 0. The van der Waals surface area contributed by atoms with Crippen molar-refractivity contribution >= 4 is 84.0 Å². The topological polar surface area (TPSA) is 384 Å². The second kappa shape index (κ2) is 39.3. The summed E-state index contributed by atoms with van der Waals surface area (Å²) in [5.74, 6) is -10.9. The molecule has 0 aliphatic heterocycles. The molecule has 0 aliphatic carbocycles. The van der Waals surface area contributed by atoms with E-state index in [0.717, 1.165) is 0 Å². The molecule has 0 bridgehead atoms. The van der Waals surface area contributed by atoms with E-state index in [9.17, 15) is 78.6 Å². The van der Waals surface area contributed by atoms with Crippen molar-refractivity contribution in [3.63, 3.8) is 0 Å². The van der Waals surface area contributed by atoms with Crippen LogP contribution in [0.2, 0.25) is 0 Å². The third kappa shape index (κ3) is 21.6. The highest BCUT2D eigenvalue weighted by Gasteiger charge is 2.27. The molecule has 14 aromatic carbocycles. The lowest BCUT2D eigenvalue weighted by atomic mass is 10.1. The van der Waals surface area contributed by atoms with Gasteiger partial charge in [-0.3, -0.25) is 0 Å². The Balaban J connectivity index is 0.000000222. The summed E-state index contributed by atoms with van der Waals surface area (Å²) in [4.78, 5) is 131. The molecule has 0 fully saturated rings. The fourth-order valence-electron chi connectivity index (χ4n) is 11.7. The molecule has 26 nitrogen and oxygen atoms in total. The SMILES string of the molecule is O=C(Oc1ccccc1C(=O)Oc1ccc(/C=C/c2cc(O)cc(OC(=O)c3ccccc3OC(=O)c3ccccc3O)c2)cc1)c1ccccc1O.O=C(Oc1ccccc1C(=O)Oc1ccc(/C=C/c2cc(OC(=O)c3ccccc3OC(=O)c3ccccc3O)cc(OC(=O)c3ccccc3OC(=O)c3ccccc3O)c2)cc1)c1ccccc1O. The van der Waals surface area contributed by atoms with Crippen LogP contribution in [0.5, 0.6) is 92.0 Å². The standard InChI is InChI=1S/C56H36O15.C42H28O11/c57-45-19-7-1-13-39(45)51(60)69-48-22-10-4-16-42(48)54(63)66-36-29-27-34(28-30-36)25-26-35-31-37(67-55(64)43-17-5-11-23-49(43)70-52(61)40-14-2-8-20-46(40)58)33-38(32-35)68-56(65)44-18-6-12-24-50(44)71-53(62)41-15-3-9-21-47(41)59;43-28-23-27(24-30(25-28)51-42(49)34-12-4-8-16-38(34)53-40(47)32-10-2-6-14-36(32)45)18-17-26-19-21-29(22-20-26)50-41(48)33-11-3-7-15-37(33)52-39(46)31-9-1-5-13-35(31)44/h1-33,57-59H;1-25,43-45H/b26-25+;18-17+. The van der Waals surface area contributed by atoms with Gasteiger partial charge in [-0.1, -0.05) is 170 Å². The van der Waals surface area contributed by atoms with Crippen LogP contribution < -0.4 is 47.4 Å². The second-order valence-corrected chi connectivity index (χ2v) is 26.3. The van der Waals surface area contributed by atoms with Crippen molar-refractivity contribution in [1.29, 1.82) is 0 Å². The Bertz CT molecular complexity index is 6370. The van der Waals surface area contributed by atoms with Gasteiger partial charge >= 0.3 is 59.7 Å². The van der Waals surface area contributed by atoms with Crippen molar-refractivity contribution in [2.75, 3.05) is 0 Å². The third-order valence-corrected chi connectivity index (χ3v) is 17.7. The van der Waals surface area contributed by atoms with Crippen LogP contribution in [-0.4, -0.2) is 90.3 Å². The second-order valence-electron chi connectivity index (χ2n) is 26.3. The lowest BCUT2D eigenvalue weighted by Crippen LogP contribution is -2.15. The normalized spacial score (nSPS) is 10.7. The fraction of sp³-hybridized carbons (Fsp3) is 0. The molecule has 26 heteroatoms. The van der Waals surface area contributed by atoms with Gasteiger partial charge in [0.1, 0.15) is 148 Å². The van der Waals surface area contributed by atoms with E-state index in [0.29, 0.717) is 22.3 Å². The summed E-state index contributed by atoms with van der Waals surface area (Å²) in [6, 6.07) is 79.7. The smallest absolute Gasteiger partial charge is 0.347 e. The number of esters is 10. The van der Waals surface area contributed by atoms with E-state index in [-0.39, 0.29) is 148 Å². The minimum absolute atomic E-state index is 0.00221. The molecule has 6 N–H and O–H groups in total. The number of carbonyl (C=O) groups is 10. The molecule has 0 saturated heterocycles. The van der Waals surface area contributed by atoms with Crippen molar-refractivity contribution in [2.24, 2.45) is 0 Å². The molecule has 14 rings (SSSR count). The zero-order valence-corrected chi connectivity index (χ0v) is 64.3. The molecule has 0 atom stereocenters. The van der Waals surface area contributed by atoms with Crippen molar-refractivity contribution in [1.82, 2.24) is 0 Å². The molecule has 0 heterocycles. The maximum atomic E-state index is 13.8. The molecule has 0 spiro atoms. The molecular formula is C98H64O26. The van der Waals surface area contributed by atoms with Crippen LogP contribution in [0.15, 0.2) is 328 Å². The number of para-hydroxylation sites is 10. The average molecular weight is 1660 g/mol. The number of hydrogen-bond donors (Lipinski definition) is 6. The third-order valence-electron chi connectivity index (χ3n) is 17.7. The first-order valence-electron chi connectivity index (χ1n) is 37.2. The van der Waals surface area contributed by atoms with Gasteiger partial charge in [-0.15, -0.1) is 0 Å². The van der Waals surface area contributed by atoms with Crippen molar-refractivity contribution < 1.29 is 126 Å². The molecule has 0 unspecified atom stereocenters. The Morgan fingerprint density at radius 1 is 0.169 bits per heavy atom. The van der Waals surface area contributed by atoms with Crippen molar-refractivity contribution in [3.8, 4) is 92.0 Å². The van der Waals surface area contributed by atoms with Gasteiger partial charge in [-0.25, -0.2) is 47.9 Å². The number of phenols is 6. The van der Waals surface area contributed by atoms with Crippen LogP contribution >= 0.6 is 0 Å². The summed E-state index contributed by atoms with van der Waals surface area (Å²) in [5.41, 5.74) is 1.19. The number of ether oxygens (including phenoxy) is 10. The Kier molecular flexibility index (Phi) is 26.6. The molecule has 124 heavy (non-hydrogen) atoms. The van der Waals surface area contributed by atoms with Gasteiger partial charge in [0.05, 0.1) is 0 Å². The maximum Gasteiger partial charge on any atom is 0.347 e. The summed E-state index contributed by atoms with van der Waals surface area (Å²) in [5, 5.41) is 60.8. The number of hydrogen-bond acceptors (Lipinski definition) is 26. The molecule has 0 amide bonds. The zero-order chi connectivity index (χ0) is 87.2. The fourth-order valence-corrected chi connectivity index (χ4v) is 11.7. The van der Waals surface area contributed by atoms with Crippen LogP contribution in [0.1, 0.15) is 126 Å². The molecule has 0 radical (unpaired) electrons. The molecule has 0 saturated carbocycles. The van der Waals surface area contributed by atoms with Crippen LogP contribution in [0, 0.1) is 0 Å². The number of phenolic OH excluding ortho intramolecular Hbond substituents is 6. The minimum atomic E-state index is -0.966. The lowest BCUT2D eigenvalue weighted by Gasteiger charge is -2.13. The van der Waals surface area contributed by atoms with Gasteiger partial charge in [-0.2, -0.15) is 0 Å². The van der Waals surface area contributed by atoms with Crippen LogP contribution in [-0.2, 0) is 0 Å². The van der Waals surface area contributed by atoms with Crippen LogP contribution in [0.3, 0.4) is 0 Å². The number of benzene rings is 14. The summed E-state index contributed by atoms with van der Waals surface area (Å²) in [7, 11) is 0. The first kappa shape index (κ1) is 84.0. The van der Waals surface area contributed by atoms with E-state index < -0.39 is 59.7 Å².